The van der Waals surface area contributed by atoms with Gasteiger partial charge in [0.25, 0.3) is 0 Å². The molecule has 5 aromatic rings. The molecular formula is C22H22B4N6O2. The van der Waals surface area contributed by atoms with Crippen LogP contribution in [0.25, 0.3) is 32.9 Å². The minimum Gasteiger partial charge on any atom is -0.511 e. The predicted octanol–water partition coefficient (Wildman–Crippen LogP) is -0.825. The molecule has 0 spiro atoms. The van der Waals surface area contributed by atoms with Crippen molar-refractivity contribution in [3.8, 4) is 22.6 Å². The predicted molar refractivity (Wildman–Crippen MR) is 146 cm³/mol. The maximum atomic E-state index is 11.0. The van der Waals surface area contributed by atoms with Crippen LogP contribution in [0.3, 0.4) is 0 Å². The van der Waals surface area contributed by atoms with Gasteiger partial charge in [0.05, 0.1) is 28.3 Å². The molecule has 0 saturated heterocycles. The highest BCUT2D eigenvalue weighted by Crippen LogP contribution is 2.39. The number of nitrogens with zero attached hydrogens (tertiary/aromatic N) is 5. The topological polar surface area (TPSA) is 98.0 Å². The Kier molecular flexibility index (Phi) is 5.23. The number of pyridine rings is 1. The van der Waals surface area contributed by atoms with Gasteiger partial charge in [0.15, 0.2) is 7.85 Å². The quantitative estimate of drug-likeness (QED) is 0.341. The Morgan fingerprint density at radius 2 is 1.88 bits per heavy atom. The van der Waals surface area contributed by atoms with Crippen LogP contribution >= 0.6 is 0 Å². The summed E-state index contributed by atoms with van der Waals surface area (Å²) in [5, 5.41) is 19.7. The number of phenols is 1. The van der Waals surface area contributed by atoms with Crippen molar-refractivity contribution in [3.63, 3.8) is 0 Å². The molecule has 2 aromatic carbocycles. The Bertz CT molecular complexity index is 1550. The molecule has 0 unspecified atom stereocenters. The molecule has 3 aromatic heterocycles. The maximum absolute atomic E-state index is 11.0. The van der Waals surface area contributed by atoms with Gasteiger partial charge in [-0.3, -0.25) is 9.67 Å². The van der Waals surface area contributed by atoms with Crippen LogP contribution in [-0.4, -0.2) is 66.5 Å². The second kappa shape index (κ2) is 8.13. The number of nitrogens with one attached hydrogen (secondary N) is 1. The summed E-state index contributed by atoms with van der Waals surface area (Å²) in [6.07, 6.45) is 5.03. The van der Waals surface area contributed by atoms with E-state index >= 15 is 0 Å². The van der Waals surface area contributed by atoms with Gasteiger partial charge in [0, 0.05) is 35.1 Å². The summed E-state index contributed by atoms with van der Waals surface area (Å²) in [5.41, 5.74) is 4.96. The van der Waals surface area contributed by atoms with E-state index in [-0.39, 0.29) is 5.75 Å². The molecule has 0 saturated carbocycles. The average molecular weight is 446 g/mol. The van der Waals surface area contributed by atoms with Crippen LogP contribution in [0.4, 0.5) is 11.5 Å². The normalized spacial score (nSPS) is 11.7. The smallest absolute Gasteiger partial charge is 0.164 e. The molecule has 0 bridgehead atoms. The molecule has 3 heterocycles. The Morgan fingerprint density at radius 3 is 2.62 bits per heavy atom. The van der Waals surface area contributed by atoms with Crippen LogP contribution in [0.5, 0.6) is 11.5 Å². The number of hydrogen-bond acceptors (Lipinski definition) is 7. The lowest BCUT2D eigenvalue weighted by molar-refractivity contribution is 0.324. The third kappa shape index (κ3) is 3.96. The fourth-order valence-corrected chi connectivity index (χ4v) is 3.97. The van der Waals surface area contributed by atoms with E-state index in [0.29, 0.717) is 22.5 Å². The number of phenolic OH excluding ortho intramolecular Hbond substituents is 1. The molecule has 8 nitrogen and oxygen atoms in total. The Balaban J connectivity index is 1.64. The third-order valence-electron chi connectivity index (χ3n) is 5.66. The molecule has 164 valence electrons. The molecule has 34 heavy (non-hydrogen) atoms. The highest BCUT2D eigenvalue weighted by molar-refractivity contribution is 6.58. The summed E-state index contributed by atoms with van der Waals surface area (Å²) in [7, 11) is 9.88. The monoisotopic (exact) mass is 446 g/mol. The van der Waals surface area contributed by atoms with Gasteiger partial charge in [0.1, 0.15) is 47.2 Å². The van der Waals surface area contributed by atoms with Crippen molar-refractivity contribution in [2.45, 2.75) is 5.30 Å². The second-order valence-corrected chi connectivity index (χ2v) is 9.23. The lowest BCUT2D eigenvalue weighted by atomic mass is 9.52. The average Bonchev–Trinajstić information content (AvgIpc) is 3.12. The van der Waals surface area contributed by atoms with Crippen LogP contribution in [0.2, 0.25) is 0 Å². The van der Waals surface area contributed by atoms with Gasteiger partial charge >= 0.3 is 0 Å². The molecule has 0 aliphatic carbocycles. The summed E-state index contributed by atoms with van der Waals surface area (Å²) in [6.45, 7) is 0. The van der Waals surface area contributed by atoms with E-state index < -0.39 is 5.30 Å². The molecular weight excluding hydrogens is 424 g/mol. The highest BCUT2D eigenvalue weighted by atomic mass is 16.5. The van der Waals surface area contributed by atoms with Crippen molar-refractivity contribution >= 4 is 70.3 Å². The molecule has 0 fully saturated rings. The third-order valence-corrected chi connectivity index (χ3v) is 5.66. The van der Waals surface area contributed by atoms with E-state index in [1.165, 1.54) is 6.33 Å². The van der Waals surface area contributed by atoms with Crippen molar-refractivity contribution in [1.82, 2.24) is 24.7 Å². The van der Waals surface area contributed by atoms with Gasteiger partial charge in [0.2, 0.25) is 0 Å². The van der Waals surface area contributed by atoms with Crippen LogP contribution in [0.15, 0.2) is 55.1 Å². The summed E-state index contributed by atoms with van der Waals surface area (Å²) in [6, 6.07) is 11.4. The first kappa shape index (κ1) is 21.9. The summed E-state index contributed by atoms with van der Waals surface area (Å²) < 4.78 is 8.14. The van der Waals surface area contributed by atoms with Crippen LogP contribution in [0, 0.1) is 0 Å². The van der Waals surface area contributed by atoms with Gasteiger partial charge in [-0.05, 0) is 42.0 Å². The molecule has 2 N–H and O–H groups in total. The number of fused-ring (bicyclic) bond motifs is 2. The highest BCUT2D eigenvalue weighted by Gasteiger charge is 2.20. The fraction of sp³-hybridized carbons (Fsp3) is 0.0909. The number of benzene rings is 2. The van der Waals surface area contributed by atoms with E-state index in [1.54, 1.807) is 23.1 Å². The van der Waals surface area contributed by atoms with Crippen LogP contribution < -0.4 is 15.6 Å². The number of anilines is 2. The Labute approximate surface area is 200 Å². The lowest BCUT2D eigenvalue weighted by Crippen LogP contribution is -2.37. The van der Waals surface area contributed by atoms with Gasteiger partial charge in [-0.25, -0.2) is 9.97 Å². The van der Waals surface area contributed by atoms with E-state index in [0.717, 1.165) is 33.3 Å². The lowest BCUT2D eigenvalue weighted by Gasteiger charge is -2.25. The van der Waals surface area contributed by atoms with E-state index in [4.69, 9.17) is 4.74 Å². The van der Waals surface area contributed by atoms with Crippen molar-refractivity contribution < 1.29 is 9.84 Å². The maximum Gasteiger partial charge on any atom is 0.164 e. The largest absolute Gasteiger partial charge is 0.511 e. The van der Waals surface area contributed by atoms with Gasteiger partial charge in [-0.1, -0.05) is 0 Å². The van der Waals surface area contributed by atoms with Gasteiger partial charge in [-0.2, -0.15) is 5.10 Å². The minimum atomic E-state index is -0.424. The zero-order valence-corrected chi connectivity index (χ0v) is 19.8. The number of aromatic hydroxyl groups is 1. The number of rotatable bonds is 5. The fourth-order valence-electron chi connectivity index (χ4n) is 3.97. The summed E-state index contributed by atoms with van der Waals surface area (Å²) in [5.74, 6) is 1.24. The molecule has 0 atom stereocenters. The molecule has 0 radical (unpaired) electrons. The number of aromatic nitrogens is 5. The Morgan fingerprint density at radius 1 is 1.06 bits per heavy atom. The zero-order valence-electron chi connectivity index (χ0n) is 19.8. The number of hydrogen-bond donors (Lipinski definition) is 2. The van der Waals surface area contributed by atoms with Crippen molar-refractivity contribution in [2.24, 2.45) is 7.05 Å². The van der Waals surface area contributed by atoms with Crippen molar-refractivity contribution in [1.29, 1.82) is 0 Å². The minimum absolute atomic E-state index is 0.0830. The van der Waals surface area contributed by atoms with Crippen molar-refractivity contribution in [2.75, 3.05) is 5.32 Å². The molecule has 0 aliphatic rings. The van der Waals surface area contributed by atoms with E-state index in [1.807, 2.05) is 68.8 Å². The molecule has 5 rings (SSSR count). The van der Waals surface area contributed by atoms with Gasteiger partial charge < -0.3 is 15.2 Å². The van der Waals surface area contributed by atoms with Crippen LogP contribution in [0.1, 0.15) is 0 Å². The SMILES string of the molecule is Bc1c(-c2cc(O)c3c(Nc4ccc5ncccc5c4OC(B)(B)B)ncnc3c2)cnn1C. The zero-order chi connectivity index (χ0) is 24.0. The Hall–Kier alpha value is -3.94. The standard InChI is InChI=1S/C22H22B4N6O2/c1-32-20(23)13(9-30-32)11-7-16-18(17(33)8-11)21(29-10-28-16)31-15-5-4-14-12(3-2-6-27-14)19(15)34-22(24,25)26/h2-10,33H,23-26H2,1H3,(H,28,29,31). The van der Waals surface area contributed by atoms with Crippen LogP contribution in [-0.2, 0) is 7.05 Å². The first-order valence-electron chi connectivity index (χ1n) is 11.0. The van der Waals surface area contributed by atoms with Crippen molar-refractivity contribution in [3.05, 3.63) is 55.1 Å². The number of aryl methyl sites for hydroxylation is 1. The summed E-state index contributed by atoms with van der Waals surface area (Å²) in [4.78, 5) is 13.3. The molecule has 12 heteroatoms. The molecule has 0 aliphatic heterocycles. The van der Waals surface area contributed by atoms with E-state index in [2.05, 4.69) is 25.4 Å². The second-order valence-electron chi connectivity index (χ2n) is 9.23. The van der Waals surface area contributed by atoms with Gasteiger partial charge in [-0.15, -0.1) is 0 Å². The first-order chi connectivity index (χ1) is 16.2. The first-order valence-corrected chi connectivity index (χ1v) is 11.0. The summed E-state index contributed by atoms with van der Waals surface area (Å²) >= 11 is 0. The molecule has 0 amide bonds. The number of ether oxygens (including phenoxy) is 1. The van der Waals surface area contributed by atoms with E-state index in [9.17, 15) is 5.11 Å².